The molecule has 1 aromatic carbocycles. The molecule has 1 saturated heterocycles. The van der Waals surface area contributed by atoms with Crippen LogP contribution in [0.4, 0.5) is 0 Å². The van der Waals surface area contributed by atoms with E-state index in [0.29, 0.717) is 21.5 Å². The minimum atomic E-state index is -0.478. The highest BCUT2D eigenvalue weighted by molar-refractivity contribution is 6.37. The number of carbonyl (C=O) groups is 1. The highest BCUT2D eigenvalue weighted by Crippen LogP contribution is 2.29. The molecule has 0 aliphatic carbocycles. The highest BCUT2D eigenvalue weighted by atomic mass is 35.5. The average Bonchev–Trinajstić information content (AvgIpc) is 2.47. The third-order valence-corrected chi connectivity index (χ3v) is 4.73. The number of nitrogens with one attached hydrogen (secondary N) is 1. The molecule has 5 heteroatoms. The monoisotopic (exact) mass is 341 g/mol. The first kappa shape index (κ1) is 17.3. The van der Waals surface area contributed by atoms with Crippen LogP contribution in [0.1, 0.15) is 32.3 Å². The number of halogens is 2. The molecule has 0 unspecified atom stereocenters. The molecular weight excluding hydrogens is 321 g/mol. The van der Waals surface area contributed by atoms with Crippen LogP contribution >= 0.6 is 23.2 Å². The van der Waals surface area contributed by atoms with Gasteiger partial charge in [0, 0.05) is 27.6 Å². The first-order chi connectivity index (χ1) is 10.4. The van der Waals surface area contributed by atoms with Crippen LogP contribution in [0.25, 0.3) is 6.08 Å². The Morgan fingerprint density at radius 1 is 1.27 bits per heavy atom. The molecule has 0 bridgehead atoms. The van der Waals surface area contributed by atoms with Gasteiger partial charge in [0.05, 0.1) is 0 Å². The second kappa shape index (κ2) is 7.49. The van der Waals surface area contributed by atoms with Crippen LogP contribution in [0.5, 0.6) is 0 Å². The van der Waals surface area contributed by atoms with E-state index in [4.69, 9.17) is 27.9 Å². The standard InChI is InChI=1S/C17H21Cl2NO2/c1-17(2,12-8-10-20-11-9-12)22-16(21)7-6-13-14(18)4-3-5-15(13)19/h3-7,12,20H,8-11H2,1-2H3/b7-6+. The Morgan fingerprint density at radius 2 is 1.86 bits per heavy atom. The average molecular weight is 342 g/mol. The molecule has 0 radical (unpaired) electrons. The minimum Gasteiger partial charge on any atom is -0.456 e. The van der Waals surface area contributed by atoms with E-state index in [1.807, 2.05) is 13.8 Å². The molecular formula is C17H21Cl2NO2. The van der Waals surface area contributed by atoms with Crippen LogP contribution in [0.15, 0.2) is 24.3 Å². The molecule has 3 nitrogen and oxygen atoms in total. The van der Waals surface area contributed by atoms with Crippen LogP contribution in [-0.2, 0) is 9.53 Å². The van der Waals surface area contributed by atoms with E-state index in [1.54, 1.807) is 24.3 Å². The van der Waals surface area contributed by atoms with Crippen molar-refractivity contribution in [2.45, 2.75) is 32.3 Å². The van der Waals surface area contributed by atoms with Crippen LogP contribution < -0.4 is 5.32 Å². The number of hydrogen-bond donors (Lipinski definition) is 1. The van der Waals surface area contributed by atoms with Crippen molar-refractivity contribution in [3.05, 3.63) is 39.9 Å². The van der Waals surface area contributed by atoms with Crippen LogP contribution in [0, 0.1) is 5.92 Å². The fourth-order valence-electron chi connectivity index (χ4n) is 2.72. The topological polar surface area (TPSA) is 38.3 Å². The Kier molecular flexibility index (Phi) is 5.90. The maximum Gasteiger partial charge on any atom is 0.331 e. The van der Waals surface area contributed by atoms with Crippen molar-refractivity contribution in [1.82, 2.24) is 5.32 Å². The summed E-state index contributed by atoms with van der Waals surface area (Å²) in [7, 11) is 0. The normalized spacial score (nSPS) is 16.9. The number of rotatable bonds is 4. The lowest BCUT2D eigenvalue weighted by Gasteiger charge is -2.36. The van der Waals surface area contributed by atoms with E-state index in [9.17, 15) is 4.79 Å². The van der Waals surface area contributed by atoms with E-state index in [1.165, 1.54) is 6.08 Å². The summed E-state index contributed by atoms with van der Waals surface area (Å²) in [6.45, 7) is 5.88. The molecule has 0 amide bonds. The number of esters is 1. The zero-order valence-electron chi connectivity index (χ0n) is 12.9. The van der Waals surface area contributed by atoms with Gasteiger partial charge in [-0.2, -0.15) is 0 Å². The van der Waals surface area contributed by atoms with Crippen LogP contribution in [0.3, 0.4) is 0 Å². The zero-order chi connectivity index (χ0) is 16.2. The lowest BCUT2D eigenvalue weighted by Crippen LogP contribution is -2.42. The van der Waals surface area contributed by atoms with Gasteiger partial charge >= 0.3 is 5.97 Å². The van der Waals surface area contributed by atoms with Crippen molar-refractivity contribution >= 4 is 35.2 Å². The van der Waals surface area contributed by atoms with Crippen molar-refractivity contribution in [2.75, 3.05) is 13.1 Å². The van der Waals surface area contributed by atoms with Crippen molar-refractivity contribution in [2.24, 2.45) is 5.92 Å². The first-order valence-corrected chi connectivity index (χ1v) is 8.21. The molecule has 0 spiro atoms. The lowest BCUT2D eigenvalue weighted by atomic mass is 9.83. The summed E-state index contributed by atoms with van der Waals surface area (Å²) in [4.78, 5) is 12.1. The number of benzene rings is 1. The predicted molar refractivity (Wildman–Crippen MR) is 91.3 cm³/mol. The maximum absolute atomic E-state index is 12.1. The van der Waals surface area contributed by atoms with Gasteiger partial charge < -0.3 is 10.1 Å². The van der Waals surface area contributed by atoms with Crippen molar-refractivity contribution in [3.63, 3.8) is 0 Å². The molecule has 1 aliphatic heterocycles. The second-order valence-electron chi connectivity index (χ2n) is 6.02. The lowest BCUT2D eigenvalue weighted by molar-refractivity contribution is -0.156. The van der Waals surface area contributed by atoms with E-state index in [2.05, 4.69) is 5.32 Å². The molecule has 1 heterocycles. The van der Waals surface area contributed by atoms with Gasteiger partial charge in [0.25, 0.3) is 0 Å². The first-order valence-electron chi connectivity index (χ1n) is 7.46. The summed E-state index contributed by atoms with van der Waals surface area (Å²) in [5, 5.41) is 4.33. The largest absolute Gasteiger partial charge is 0.456 e. The van der Waals surface area contributed by atoms with Crippen molar-refractivity contribution < 1.29 is 9.53 Å². The second-order valence-corrected chi connectivity index (χ2v) is 6.83. The van der Waals surface area contributed by atoms with Gasteiger partial charge in [-0.1, -0.05) is 29.3 Å². The molecule has 1 aromatic rings. The summed E-state index contributed by atoms with van der Waals surface area (Å²) < 4.78 is 5.64. The van der Waals surface area contributed by atoms with Gasteiger partial charge in [-0.25, -0.2) is 4.79 Å². The predicted octanol–water partition coefficient (Wildman–Crippen LogP) is 4.33. The van der Waals surface area contributed by atoms with Gasteiger partial charge in [0.15, 0.2) is 0 Å². The number of ether oxygens (including phenoxy) is 1. The summed E-state index contributed by atoms with van der Waals surface area (Å²) in [5.74, 6) is -0.00507. The highest BCUT2D eigenvalue weighted by Gasteiger charge is 2.33. The fourth-order valence-corrected chi connectivity index (χ4v) is 3.24. The molecule has 2 rings (SSSR count). The van der Waals surface area contributed by atoms with Gasteiger partial charge in [0.2, 0.25) is 0 Å². The van der Waals surface area contributed by atoms with E-state index in [-0.39, 0.29) is 5.97 Å². The molecule has 22 heavy (non-hydrogen) atoms. The SMILES string of the molecule is CC(C)(OC(=O)/C=C/c1c(Cl)cccc1Cl)C1CCNCC1. The Labute approximate surface area is 141 Å². The van der Waals surface area contributed by atoms with E-state index < -0.39 is 5.60 Å². The van der Waals surface area contributed by atoms with Crippen LogP contribution in [-0.4, -0.2) is 24.7 Å². The fraction of sp³-hybridized carbons (Fsp3) is 0.471. The van der Waals surface area contributed by atoms with Crippen LogP contribution in [0.2, 0.25) is 10.0 Å². The summed E-state index contributed by atoms with van der Waals surface area (Å²) in [5.41, 5.74) is 0.149. The summed E-state index contributed by atoms with van der Waals surface area (Å²) in [6.07, 6.45) is 5.02. The Balaban J connectivity index is 2.01. The Morgan fingerprint density at radius 3 is 2.45 bits per heavy atom. The number of hydrogen-bond acceptors (Lipinski definition) is 3. The smallest absolute Gasteiger partial charge is 0.331 e. The summed E-state index contributed by atoms with van der Waals surface area (Å²) in [6, 6.07) is 5.23. The summed E-state index contributed by atoms with van der Waals surface area (Å²) >= 11 is 12.1. The van der Waals surface area contributed by atoms with Gasteiger partial charge in [-0.15, -0.1) is 0 Å². The molecule has 1 N–H and O–H groups in total. The van der Waals surface area contributed by atoms with Gasteiger partial charge in [-0.05, 0) is 58.0 Å². The van der Waals surface area contributed by atoms with E-state index >= 15 is 0 Å². The molecule has 1 fully saturated rings. The molecule has 0 saturated carbocycles. The van der Waals surface area contributed by atoms with Gasteiger partial charge in [-0.3, -0.25) is 0 Å². The molecule has 0 aromatic heterocycles. The molecule has 1 aliphatic rings. The quantitative estimate of drug-likeness (QED) is 0.654. The van der Waals surface area contributed by atoms with E-state index in [0.717, 1.165) is 25.9 Å². The molecule has 0 atom stereocenters. The molecule has 120 valence electrons. The van der Waals surface area contributed by atoms with Gasteiger partial charge in [0.1, 0.15) is 5.60 Å². The maximum atomic E-state index is 12.1. The van der Waals surface area contributed by atoms with Crippen molar-refractivity contribution in [3.8, 4) is 0 Å². The van der Waals surface area contributed by atoms with Crippen molar-refractivity contribution in [1.29, 1.82) is 0 Å². The third-order valence-electron chi connectivity index (χ3n) is 4.07. The Hall–Kier alpha value is -1.03. The number of carbonyl (C=O) groups excluding carboxylic acids is 1. The Bertz CT molecular complexity index is 544. The number of piperidine rings is 1. The zero-order valence-corrected chi connectivity index (χ0v) is 14.4. The minimum absolute atomic E-state index is 0.370. The third kappa shape index (κ3) is 4.48.